The lowest BCUT2D eigenvalue weighted by Crippen LogP contribution is -1.93. The fourth-order valence-corrected chi connectivity index (χ4v) is 1.55. The second kappa shape index (κ2) is 5.12. The number of rotatable bonds is 4. The topological polar surface area (TPSA) is 30.0 Å². The Morgan fingerprint density at radius 2 is 2.31 bits per heavy atom. The summed E-state index contributed by atoms with van der Waals surface area (Å²) in [6, 6.07) is 2.03. The zero-order valence-corrected chi connectivity index (χ0v) is 9.17. The SMILES string of the molecule is CC(=O)CCCc1cncc(Br)c1. The van der Waals surface area contributed by atoms with Crippen LogP contribution < -0.4 is 0 Å². The van der Waals surface area contributed by atoms with Gasteiger partial charge in [0.1, 0.15) is 5.78 Å². The first kappa shape index (κ1) is 10.4. The molecule has 0 bridgehead atoms. The number of hydrogen-bond acceptors (Lipinski definition) is 2. The third-order valence-electron chi connectivity index (χ3n) is 1.76. The molecule has 0 atom stereocenters. The molecule has 0 radical (unpaired) electrons. The molecule has 0 aliphatic heterocycles. The van der Waals surface area contributed by atoms with E-state index in [1.165, 1.54) is 5.56 Å². The number of pyridine rings is 1. The van der Waals surface area contributed by atoms with Crippen LogP contribution >= 0.6 is 15.9 Å². The second-order valence-corrected chi connectivity index (χ2v) is 3.98. The van der Waals surface area contributed by atoms with Crippen LogP contribution in [0.3, 0.4) is 0 Å². The van der Waals surface area contributed by atoms with E-state index in [9.17, 15) is 4.79 Å². The second-order valence-electron chi connectivity index (χ2n) is 3.07. The molecule has 70 valence electrons. The van der Waals surface area contributed by atoms with Gasteiger partial charge in [-0.15, -0.1) is 0 Å². The molecule has 1 aromatic rings. The summed E-state index contributed by atoms with van der Waals surface area (Å²) in [4.78, 5) is 14.7. The summed E-state index contributed by atoms with van der Waals surface area (Å²) in [6.07, 6.45) is 6.09. The lowest BCUT2D eigenvalue weighted by Gasteiger charge is -1.99. The van der Waals surface area contributed by atoms with Crippen molar-refractivity contribution >= 4 is 21.7 Å². The van der Waals surface area contributed by atoms with Gasteiger partial charge in [0.2, 0.25) is 0 Å². The smallest absolute Gasteiger partial charge is 0.129 e. The van der Waals surface area contributed by atoms with Crippen LogP contribution in [0, 0.1) is 0 Å². The van der Waals surface area contributed by atoms with Gasteiger partial charge in [-0.05, 0) is 47.3 Å². The van der Waals surface area contributed by atoms with Crippen LogP contribution in [-0.4, -0.2) is 10.8 Å². The predicted molar refractivity (Wildman–Crippen MR) is 55.6 cm³/mol. The molecule has 0 unspecified atom stereocenters. The number of carbonyl (C=O) groups excluding carboxylic acids is 1. The number of nitrogens with zero attached hydrogens (tertiary/aromatic N) is 1. The van der Waals surface area contributed by atoms with Crippen molar-refractivity contribution in [1.29, 1.82) is 0 Å². The van der Waals surface area contributed by atoms with Crippen LogP contribution in [0.25, 0.3) is 0 Å². The minimum Gasteiger partial charge on any atom is -0.300 e. The van der Waals surface area contributed by atoms with Gasteiger partial charge in [0, 0.05) is 23.3 Å². The Labute approximate surface area is 86.5 Å². The third kappa shape index (κ3) is 4.18. The molecule has 0 fully saturated rings. The van der Waals surface area contributed by atoms with Gasteiger partial charge in [-0.3, -0.25) is 4.98 Å². The highest BCUT2D eigenvalue weighted by Gasteiger charge is 1.97. The number of carbonyl (C=O) groups is 1. The highest BCUT2D eigenvalue weighted by atomic mass is 79.9. The van der Waals surface area contributed by atoms with E-state index in [-0.39, 0.29) is 5.78 Å². The maximum Gasteiger partial charge on any atom is 0.129 e. The maximum atomic E-state index is 10.7. The molecule has 0 saturated heterocycles. The lowest BCUT2D eigenvalue weighted by molar-refractivity contribution is -0.117. The van der Waals surface area contributed by atoms with E-state index in [4.69, 9.17) is 0 Å². The van der Waals surface area contributed by atoms with Crippen molar-refractivity contribution in [1.82, 2.24) is 4.98 Å². The Morgan fingerprint density at radius 3 is 2.92 bits per heavy atom. The summed E-state index contributed by atoms with van der Waals surface area (Å²) < 4.78 is 0.993. The lowest BCUT2D eigenvalue weighted by atomic mass is 10.1. The Balaban J connectivity index is 2.41. The Bertz CT molecular complexity index is 299. The Hall–Kier alpha value is -0.700. The average molecular weight is 242 g/mol. The molecular formula is C10H12BrNO. The quantitative estimate of drug-likeness (QED) is 0.812. The van der Waals surface area contributed by atoms with E-state index in [1.807, 2.05) is 12.3 Å². The summed E-state index contributed by atoms with van der Waals surface area (Å²) in [7, 11) is 0. The zero-order valence-electron chi connectivity index (χ0n) is 7.59. The summed E-state index contributed by atoms with van der Waals surface area (Å²) >= 11 is 3.35. The highest BCUT2D eigenvalue weighted by molar-refractivity contribution is 9.10. The molecule has 1 heterocycles. The molecule has 0 N–H and O–H groups in total. The number of aryl methyl sites for hydroxylation is 1. The molecular weight excluding hydrogens is 230 g/mol. The monoisotopic (exact) mass is 241 g/mol. The molecule has 0 aliphatic rings. The summed E-state index contributed by atoms with van der Waals surface area (Å²) in [5, 5.41) is 0. The van der Waals surface area contributed by atoms with Gasteiger partial charge in [-0.2, -0.15) is 0 Å². The van der Waals surface area contributed by atoms with E-state index < -0.39 is 0 Å². The van der Waals surface area contributed by atoms with Crippen LogP contribution in [0.5, 0.6) is 0 Å². The molecule has 13 heavy (non-hydrogen) atoms. The van der Waals surface area contributed by atoms with Gasteiger partial charge in [-0.1, -0.05) is 0 Å². The van der Waals surface area contributed by atoms with E-state index >= 15 is 0 Å². The van der Waals surface area contributed by atoms with Crippen LogP contribution in [0.15, 0.2) is 22.9 Å². The fourth-order valence-electron chi connectivity index (χ4n) is 1.13. The molecule has 0 amide bonds. The van der Waals surface area contributed by atoms with Crippen molar-refractivity contribution in [2.24, 2.45) is 0 Å². The van der Waals surface area contributed by atoms with Crippen LogP contribution in [0.4, 0.5) is 0 Å². The van der Waals surface area contributed by atoms with Crippen molar-refractivity contribution in [3.8, 4) is 0 Å². The summed E-state index contributed by atoms with van der Waals surface area (Å²) in [5.74, 6) is 0.253. The van der Waals surface area contributed by atoms with Crippen molar-refractivity contribution in [2.45, 2.75) is 26.2 Å². The van der Waals surface area contributed by atoms with Crippen LogP contribution in [0.1, 0.15) is 25.3 Å². The highest BCUT2D eigenvalue weighted by Crippen LogP contribution is 2.11. The average Bonchev–Trinajstić information content (AvgIpc) is 2.03. The molecule has 0 spiro atoms. The number of halogens is 1. The zero-order chi connectivity index (χ0) is 9.68. The normalized spacial score (nSPS) is 10.0. The largest absolute Gasteiger partial charge is 0.300 e. The first-order valence-electron chi connectivity index (χ1n) is 4.27. The van der Waals surface area contributed by atoms with Gasteiger partial charge in [0.25, 0.3) is 0 Å². The molecule has 3 heteroatoms. The molecule has 1 aromatic heterocycles. The molecule has 0 saturated carbocycles. The molecule has 1 rings (SSSR count). The van der Waals surface area contributed by atoms with Crippen molar-refractivity contribution in [3.63, 3.8) is 0 Å². The van der Waals surface area contributed by atoms with Gasteiger partial charge < -0.3 is 4.79 Å². The fraction of sp³-hybridized carbons (Fsp3) is 0.400. The standard InChI is InChI=1S/C10H12BrNO/c1-8(13)3-2-4-9-5-10(11)7-12-6-9/h5-7H,2-4H2,1H3. The van der Waals surface area contributed by atoms with Crippen molar-refractivity contribution in [3.05, 3.63) is 28.5 Å². The van der Waals surface area contributed by atoms with E-state index in [0.29, 0.717) is 6.42 Å². The summed E-state index contributed by atoms with van der Waals surface area (Å²) in [6.45, 7) is 1.62. The third-order valence-corrected chi connectivity index (χ3v) is 2.19. The predicted octanol–water partition coefficient (Wildman–Crippen LogP) is 2.76. The van der Waals surface area contributed by atoms with Crippen LogP contribution in [-0.2, 0) is 11.2 Å². The van der Waals surface area contributed by atoms with E-state index in [1.54, 1.807) is 13.1 Å². The number of Topliss-reactive ketones (excluding diaryl/α,β-unsaturated/α-hetero) is 1. The molecule has 0 aromatic carbocycles. The number of ketones is 1. The molecule has 2 nitrogen and oxygen atoms in total. The Morgan fingerprint density at radius 1 is 1.54 bits per heavy atom. The first-order chi connectivity index (χ1) is 6.18. The van der Waals surface area contributed by atoms with Gasteiger partial charge in [-0.25, -0.2) is 0 Å². The van der Waals surface area contributed by atoms with E-state index in [0.717, 1.165) is 17.3 Å². The van der Waals surface area contributed by atoms with Crippen molar-refractivity contribution in [2.75, 3.05) is 0 Å². The number of aromatic nitrogens is 1. The first-order valence-corrected chi connectivity index (χ1v) is 5.06. The van der Waals surface area contributed by atoms with E-state index in [2.05, 4.69) is 20.9 Å². The van der Waals surface area contributed by atoms with Crippen LogP contribution in [0.2, 0.25) is 0 Å². The van der Waals surface area contributed by atoms with Gasteiger partial charge in [0.05, 0.1) is 0 Å². The summed E-state index contributed by atoms with van der Waals surface area (Å²) in [5.41, 5.74) is 1.18. The van der Waals surface area contributed by atoms with Gasteiger partial charge >= 0.3 is 0 Å². The number of hydrogen-bond donors (Lipinski definition) is 0. The Kier molecular flexibility index (Phi) is 4.09. The van der Waals surface area contributed by atoms with Crippen molar-refractivity contribution < 1.29 is 4.79 Å². The minimum absolute atomic E-state index is 0.253. The molecule has 0 aliphatic carbocycles. The maximum absolute atomic E-state index is 10.7. The van der Waals surface area contributed by atoms with Gasteiger partial charge in [0.15, 0.2) is 0 Å². The minimum atomic E-state index is 0.253.